The third kappa shape index (κ3) is 4.57. The zero-order chi connectivity index (χ0) is 24.4. The summed E-state index contributed by atoms with van der Waals surface area (Å²) < 4.78 is 23.6. The maximum absolute atomic E-state index is 13.1. The third-order valence-electron chi connectivity index (χ3n) is 8.32. The van der Waals surface area contributed by atoms with E-state index in [1.54, 1.807) is 7.11 Å². The highest BCUT2D eigenvalue weighted by molar-refractivity contribution is 5.93. The SMILES string of the molecule is C=C/C(C)=C\C[C@]1(C)[C@H](C)[C@@H](OCCCC)C[C@]23C(=C[C@H](OC)C[C@@H]12)C(=O)O[C@H]3OC(C)=O. The van der Waals surface area contributed by atoms with Crippen molar-refractivity contribution in [2.45, 2.75) is 85.2 Å². The van der Waals surface area contributed by atoms with Crippen LogP contribution in [0.2, 0.25) is 0 Å². The molecule has 0 radical (unpaired) electrons. The number of allylic oxidation sites excluding steroid dienone is 3. The molecular weight excluding hydrogens is 420 g/mol. The lowest BCUT2D eigenvalue weighted by Crippen LogP contribution is -2.61. The smallest absolute Gasteiger partial charge is 0.337 e. The molecule has 0 aromatic heterocycles. The molecule has 1 heterocycles. The number of hydrogen-bond donors (Lipinski definition) is 0. The fraction of sp³-hybridized carbons (Fsp3) is 0.704. The number of carbonyl (C=O) groups excluding carboxylic acids is 2. The van der Waals surface area contributed by atoms with E-state index in [1.165, 1.54) is 6.92 Å². The Morgan fingerprint density at radius 3 is 2.70 bits per heavy atom. The monoisotopic (exact) mass is 460 g/mol. The summed E-state index contributed by atoms with van der Waals surface area (Å²) in [7, 11) is 1.67. The first-order valence-corrected chi connectivity index (χ1v) is 12.2. The van der Waals surface area contributed by atoms with E-state index in [-0.39, 0.29) is 29.5 Å². The molecule has 0 N–H and O–H groups in total. The van der Waals surface area contributed by atoms with Crippen LogP contribution in [0.5, 0.6) is 0 Å². The van der Waals surface area contributed by atoms with Crippen molar-refractivity contribution in [3.05, 3.63) is 36.0 Å². The molecule has 0 bridgehead atoms. The molecule has 0 amide bonds. The fourth-order valence-corrected chi connectivity index (χ4v) is 6.13. The number of methoxy groups -OCH3 is 1. The lowest BCUT2D eigenvalue weighted by Gasteiger charge is -2.60. The van der Waals surface area contributed by atoms with Crippen molar-refractivity contribution in [1.29, 1.82) is 0 Å². The van der Waals surface area contributed by atoms with Crippen molar-refractivity contribution in [3.8, 4) is 0 Å². The van der Waals surface area contributed by atoms with E-state index in [1.807, 2.05) is 19.1 Å². The Labute approximate surface area is 198 Å². The van der Waals surface area contributed by atoms with Crippen LogP contribution in [0.4, 0.5) is 0 Å². The average Bonchev–Trinajstić information content (AvgIpc) is 3.04. The topological polar surface area (TPSA) is 71.1 Å². The van der Waals surface area contributed by atoms with Gasteiger partial charge in [0.05, 0.1) is 17.6 Å². The third-order valence-corrected chi connectivity index (χ3v) is 8.32. The van der Waals surface area contributed by atoms with Gasteiger partial charge in [0.15, 0.2) is 0 Å². The summed E-state index contributed by atoms with van der Waals surface area (Å²) in [6.07, 6.45) is 8.82. The molecule has 1 spiro atoms. The van der Waals surface area contributed by atoms with E-state index in [2.05, 4.69) is 33.4 Å². The lowest BCUT2D eigenvalue weighted by molar-refractivity contribution is -0.228. The van der Waals surface area contributed by atoms with Crippen LogP contribution in [0.1, 0.15) is 66.7 Å². The highest BCUT2D eigenvalue weighted by Gasteiger charge is 2.69. The molecule has 1 aliphatic heterocycles. The van der Waals surface area contributed by atoms with E-state index in [0.717, 1.165) is 31.3 Å². The quantitative estimate of drug-likeness (QED) is 0.270. The summed E-state index contributed by atoms with van der Waals surface area (Å²) in [5, 5.41) is 0. The number of esters is 2. The molecule has 1 saturated heterocycles. The average molecular weight is 461 g/mol. The predicted molar refractivity (Wildman–Crippen MR) is 126 cm³/mol. The van der Waals surface area contributed by atoms with Gasteiger partial charge in [-0.1, -0.05) is 51.5 Å². The van der Waals surface area contributed by atoms with Gasteiger partial charge < -0.3 is 18.9 Å². The Morgan fingerprint density at radius 1 is 1.36 bits per heavy atom. The molecule has 0 unspecified atom stereocenters. The molecule has 3 rings (SSSR count). The first-order valence-electron chi connectivity index (χ1n) is 12.2. The van der Waals surface area contributed by atoms with E-state index in [0.29, 0.717) is 18.6 Å². The van der Waals surface area contributed by atoms with E-state index in [9.17, 15) is 9.59 Å². The standard InChI is InChI=1S/C27H40O6/c1-8-10-13-31-22-16-27-21(24(29)33-25(27)32-19(5)28)14-20(30-7)15-23(27)26(6,18(22)4)12-11-17(3)9-2/h9,11,14,18,20,22-23,25H,2,8,10,12-13,15-16H2,1,3-7H3/b17-11-/t18-,20+,22+,23+,25-,26-,27+/m1/s1. The minimum absolute atomic E-state index is 0.000593. The number of hydrogen-bond acceptors (Lipinski definition) is 6. The van der Waals surface area contributed by atoms with Gasteiger partial charge in [0, 0.05) is 26.2 Å². The van der Waals surface area contributed by atoms with Crippen LogP contribution in [0.15, 0.2) is 36.0 Å². The van der Waals surface area contributed by atoms with Crippen LogP contribution in [-0.4, -0.2) is 44.2 Å². The minimum atomic E-state index is -0.954. The Morgan fingerprint density at radius 2 is 2.09 bits per heavy atom. The van der Waals surface area contributed by atoms with E-state index < -0.39 is 23.6 Å². The Balaban J connectivity index is 2.16. The van der Waals surface area contributed by atoms with E-state index >= 15 is 0 Å². The van der Waals surface area contributed by atoms with Gasteiger partial charge >= 0.3 is 11.9 Å². The number of cyclic esters (lactones) is 1. The Kier molecular flexibility index (Phi) is 7.90. The van der Waals surface area contributed by atoms with E-state index in [4.69, 9.17) is 18.9 Å². The summed E-state index contributed by atoms with van der Waals surface area (Å²) >= 11 is 0. The van der Waals surface area contributed by atoms with Crippen molar-refractivity contribution in [3.63, 3.8) is 0 Å². The summed E-state index contributed by atoms with van der Waals surface area (Å²) in [6.45, 7) is 14.6. The minimum Gasteiger partial charge on any atom is -0.424 e. The van der Waals surface area contributed by atoms with Gasteiger partial charge in [-0.15, -0.1) is 0 Å². The summed E-state index contributed by atoms with van der Waals surface area (Å²) in [5.74, 6) is -0.665. The molecular formula is C27H40O6. The largest absolute Gasteiger partial charge is 0.424 e. The second kappa shape index (κ2) is 10.1. The predicted octanol–water partition coefficient (Wildman–Crippen LogP) is 5.13. The first-order chi connectivity index (χ1) is 15.6. The van der Waals surface area contributed by atoms with Gasteiger partial charge in [-0.25, -0.2) is 4.79 Å². The second-order valence-corrected chi connectivity index (χ2v) is 10.1. The molecule has 3 aliphatic rings. The molecule has 7 atom stereocenters. The maximum atomic E-state index is 13.1. The van der Waals surface area contributed by atoms with Crippen LogP contribution in [0, 0.1) is 22.7 Å². The number of carbonyl (C=O) groups is 2. The van der Waals surface area contributed by atoms with Gasteiger partial charge in [-0.2, -0.15) is 0 Å². The van der Waals surface area contributed by atoms with Gasteiger partial charge in [0.1, 0.15) is 0 Å². The molecule has 6 heteroatoms. The summed E-state index contributed by atoms with van der Waals surface area (Å²) in [6, 6.07) is 0. The van der Waals surface area contributed by atoms with Crippen LogP contribution < -0.4 is 0 Å². The van der Waals surface area contributed by atoms with Gasteiger partial charge in [0.25, 0.3) is 6.29 Å². The Hall–Kier alpha value is -1.92. The van der Waals surface area contributed by atoms with Crippen LogP contribution in [-0.2, 0) is 28.5 Å². The number of ether oxygens (including phenoxy) is 4. The number of unbranched alkanes of at least 4 members (excludes halogenated alkanes) is 1. The first kappa shape index (κ1) is 25.7. The maximum Gasteiger partial charge on any atom is 0.337 e. The highest BCUT2D eigenvalue weighted by Crippen LogP contribution is 2.66. The molecule has 2 fully saturated rings. The molecule has 2 aliphatic carbocycles. The van der Waals surface area contributed by atoms with Gasteiger partial charge in [-0.05, 0) is 55.9 Å². The van der Waals surface area contributed by atoms with Crippen molar-refractivity contribution in [2.24, 2.45) is 22.7 Å². The fourth-order valence-electron chi connectivity index (χ4n) is 6.13. The van der Waals surface area contributed by atoms with Crippen LogP contribution >= 0.6 is 0 Å². The molecule has 0 aromatic carbocycles. The van der Waals surface area contributed by atoms with Crippen molar-refractivity contribution in [1.82, 2.24) is 0 Å². The zero-order valence-corrected chi connectivity index (χ0v) is 21.0. The van der Waals surface area contributed by atoms with Gasteiger partial charge in [0.2, 0.25) is 0 Å². The van der Waals surface area contributed by atoms with Crippen molar-refractivity contribution >= 4 is 11.9 Å². The molecule has 1 saturated carbocycles. The van der Waals surface area contributed by atoms with Crippen molar-refractivity contribution < 1.29 is 28.5 Å². The van der Waals surface area contributed by atoms with Crippen molar-refractivity contribution in [2.75, 3.05) is 13.7 Å². The number of rotatable bonds is 9. The lowest BCUT2D eigenvalue weighted by atomic mass is 9.45. The molecule has 6 nitrogen and oxygen atoms in total. The van der Waals surface area contributed by atoms with Crippen LogP contribution in [0.3, 0.4) is 0 Å². The zero-order valence-electron chi connectivity index (χ0n) is 21.0. The Bertz CT molecular complexity index is 828. The second-order valence-electron chi connectivity index (χ2n) is 10.1. The molecule has 184 valence electrons. The summed E-state index contributed by atoms with van der Waals surface area (Å²) in [5.41, 5.74) is 0.675. The summed E-state index contributed by atoms with van der Waals surface area (Å²) in [4.78, 5) is 25.1. The highest BCUT2D eigenvalue weighted by atomic mass is 16.7. The normalized spacial score (nSPS) is 38.1. The molecule has 33 heavy (non-hydrogen) atoms. The van der Waals surface area contributed by atoms with Gasteiger partial charge in [-0.3, -0.25) is 4.79 Å². The van der Waals surface area contributed by atoms with Crippen LogP contribution in [0.25, 0.3) is 0 Å². The molecule has 0 aromatic rings.